The summed E-state index contributed by atoms with van der Waals surface area (Å²) in [4.78, 5) is 27.6. The summed E-state index contributed by atoms with van der Waals surface area (Å²) in [6.07, 6.45) is 4.09. The van der Waals surface area contributed by atoms with Gasteiger partial charge in [0.05, 0.1) is 11.1 Å². The van der Waals surface area contributed by atoms with Gasteiger partial charge in [0.1, 0.15) is 6.07 Å². The number of carbonyl (C=O) groups excluding carboxylic acids is 2. The van der Waals surface area contributed by atoms with Crippen LogP contribution in [-0.4, -0.2) is 41.3 Å². The zero-order valence-corrected chi connectivity index (χ0v) is 15.1. The SMILES string of the molecule is CC1(C)CC(N2CCCC2)=C(C#N)/C(=C2/C(=O)CC(CCO)C2=O)C1. The highest BCUT2D eigenvalue weighted by atomic mass is 16.3. The lowest BCUT2D eigenvalue weighted by molar-refractivity contribution is -0.118. The van der Waals surface area contributed by atoms with E-state index in [1.54, 1.807) is 0 Å². The lowest BCUT2D eigenvalue weighted by atomic mass is 9.72. The Morgan fingerprint density at radius 3 is 2.52 bits per heavy atom. The number of hydrogen-bond acceptors (Lipinski definition) is 5. The van der Waals surface area contributed by atoms with E-state index in [9.17, 15) is 14.9 Å². The van der Waals surface area contributed by atoms with Crippen molar-refractivity contribution in [3.05, 3.63) is 22.4 Å². The highest BCUT2D eigenvalue weighted by molar-refractivity contribution is 6.27. The van der Waals surface area contributed by atoms with Crippen LogP contribution in [0, 0.1) is 22.7 Å². The molecule has 5 nitrogen and oxygen atoms in total. The zero-order chi connectivity index (χ0) is 18.2. The predicted octanol–water partition coefficient (Wildman–Crippen LogP) is 2.52. The molecule has 0 aromatic heterocycles. The minimum absolute atomic E-state index is 0.0871. The monoisotopic (exact) mass is 342 g/mol. The van der Waals surface area contributed by atoms with Crippen LogP contribution in [0.3, 0.4) is 0 Å². The van der Waals surface area contributed by atoms with E-state index in [4.69, 9.17) is 5.11 Å². The van der Waals surface area contributed by atoms with Crippen LogP contribution in [0.25, 0.3) is 0 Å². The van der Waals surface area contributed by atoms with E-state index in [0.717, 1.165) is 38.0 Å². The number of nitriles is 1. The minimum Gasteiger partial charge on any atom is -0.396 e. The Morgan fingerprint density at radius 2 is 1.92 bits per heavy atom. The molecule has 0 amide bonds. The van der Waals surface area contributed by atoms with Gasteiger partial charge in [0.25, 0.3) is 0 Å². The Balaban J connectivity index is 2.12. The first-order valence-electron chi connectivity index (χ1n) is 9.18. The Hall–Kier alpha value is -1.93. The average Bonchev–Trinajstić information content (AvgIpc) is 3.15. The molecule has 134 valence electrons. The first kappa shape index (κ1) is 17.9. The molecule has 1 heterocycles. The number of ketones is 2. The summed E-state index contributed by atoms with van der Waals surface area (Å²) in [6, 6.07) is 2.31. The van der Waals surface area contributed by atoms with Gasteiger partial charge in [0.2, 0.25) is 0 Å². The maximum Gasteiger partial charge on any atom is 0.170 e. The average molecular weight is 342 g/mol. The number of nitrogens with zero attached hydrogens (tertiary/aromatic N) is 2. The van der Waals surface area contributed by atoms with Crippen LogP contribution in [0.4, 0.5) is 0 Å². The van der Waals surface area contributed by atoms with Gasteiger partial charge in [-0.05, 0) is 43.1 Å². The topological polar surface area (TPSA) is 81.4 Å². The smallest absolute Gasteiger partial charge is 0.170 e. The van der Waals surface area contributed by atoms with E-state index in [-0.39, 0.29) is 35.6 Å². The molecule has 25 heavy (non-hydrogen) atoms. The van der Waals surface area contributed by atoms with E-state index >= 15 is 0 Å². The van der Waals surface area contributed by atoms with Gasteiger partial charge in [-0.25, -0.2) is 0 Å². The Kier molecular flexibility index (Phi) is 4.83. The molecule has 0 spiro atoms. The molecule has 0 aromatic rings. The van der Waals surface area contributed by atoms with Gasteiger partial charge in [-0.15, -0.1) is 0 Å². The maximum atomic E-state index is 12.8. The molecule has 0 aromatic carbocycles. The second-order valence-electron chi connectivity index (χ2n) is 8.20. The van der Waals surface area contributed by atoms with E-state index in [0.29, 0.717) is 24.0 Å². The van der Waals surface area contributed by atoms with Gasteiger partial charge in [-0.3, -0.25) is 9.59 Å². The highest BCUT2D eigenvalue weighted by Crippen LogP contribution is 2.46. The molecule has 1 saturated heterocycles. The molecule has 1 aliphatic heterocycles. The molecule has 0 radical (unpaired) electrons. The normalized spacial score (nSPS) is 29.5. The van der Waals surface area contributed by atoms with Crippen molar-refractivity contribution < 1.29 is 14.7 Å². The van der Waals surface area contributed by atoms with Crippen molar-refractivity contribution in [2.24, 2.45) is 11.3 Å². The van der Waals surface area contributed by atoms with Gasteiger partial charge >= 0.3 is 0 Å². The molecular weight excluding hydrogens is 316 g/mol. The molecule has 1 N–H and O–H groups in total. The van der Waals surface area contributed by atoms with Crippen molar-refractivity contribution in [3.8, 4) is 6.07 Å². The second kappa shape index (κ2) is 6.76. The van der Waals surface area contributed by atoms with Crippen LogP contribution in [0.1, 0.15) is 52.4 Å². The van der Waals surface area contributed by atoms with Crippen molar-refractivity contribution in [1.29, 1.82) is 5.26 Å². The molecule has 3 rings (SSSR count). The Bertz CT molecular complexity index is 703. The summed E-state index contributed by atoms with van der Waals surface area (Å²) in [5, 5.41) is 19.0. The van der Waals surface area contributed by atoms with E-state index in [1.807, 2.05) is 0 Å². The Morgan fingerprint density at radius 1 is 1.24 bits per heavy atom. The van der Waals surface area contributed by atoms with E-state index in [2.05, 4.69) is 24.8 Å². The number of Topliss-reactive ketones (excluding diaryl/α,β-unsaturated/α-hetero) is 2. The number of rotatable bonds is 3. The fraction of sp³-hybridized carbons (Fsp3) is 0.650. The van der Waals surface area contributed by atoms with Gasteiger partial charge in [0, 0.05) is 37.7 Å². The third-order valence-corrected chi connectivity index (χ3v) is 5.60. The Labute approximate surface area is 149 Å². The lowest BCUT2D eigenvalue weighted by Gasteiger charge is -2.37. The van der Waals surface area contributed by atoms with Crippen LogP contribution in [0.2, 0.25) is 0 Å². The summed E-state index contributed by atoms with van der Waals surface area (Å²) in [5.41, 5.74) is 2.35. The van der Waals surface area contributed by atoms with Crippen molar-refractivity contribution in [3.63, 3.8) is 0 Å². The van der Waals surface area contributed by atoms with Crippen molar-refractivity contribution in [1.82, 2.24) is 4.90 Å². The minimum atomic E-state index is -0.430. The molecule has 1 atom stereocenters. The van der Waals surface area contributed by atoms with Crippen LogP contribution in [0.5, 0.6) is 0 Å². The van der Waals surface area contributed by atoms with E-state index < -0.39 is 5.92 Å². The number of likely N-dealkylation sites (tertiary alicyclic amines) is 1. The highest BCUT2D eigenvalue weighted by Gasteiger charge is 2.42. The van der Waals surface area contributed by atoms with Crippen LogP contribution >= 0.6 is 0 Å². The molecule has 2 aliphatic carbocycles. The first-order valence-corrected chi connectivity index (χ1v) is 9.18. The van der Waals surface area contributed by atoms with Crippen LogP contribution in [-0.2, 0) is 9.59 Å². The summed E-state index contributed by atoms with van der Waals surface area (Å²) in [6.45, 7) is 6.04. The summed E-state index contributed by atoms with van der Waals surface area (Å²) in [7, 11) is 0. The number of hydrogen-bond donors (Lipinski definition) is 1. The maximum absolute atomic E-state index is 12.8. The number of aliphatic hydroxyl groups is 1. The molecule has 5 heteroatoms. The zero-order valence-electron chi connectivity index (χ0n) is 15.1. The molecule has 3 aliphatic rings. The standard InChI is InChI=1S/C20H26N2O3/c1-20(2)10-14(18-17(24)9-13(5-8-23)19(18)25)15(12-21)16(11-20)22-6-3-4-7-22/h13,23H,3-11H2,1-2H3/b18-14-. The first-order chi connectivity index (χ1) is 11.9. The van der Waals surface area contributed by atoms with E-state index in [1.165, 1.54) is 0 Å². The summed E-state index contributed by atoms with van der Waals surface area (Å²) >= 11 is 0. The number of carbonyl (C=O) groups is 2. The quantitative estimate of drug-likeness (QED) is 0.629. The van der Waals surface area contributed by atoms with Crippen LogP contribution < -0.4 is 0 Å². The molecule has 1 saturated carbocycles. The lowest BCUT2D eigenvalue weighted by Crippen LogP contribution is -2.31. The number of aliphatic hydroxyl groups excluding tert-OH is 1. The fourth-order valence-electron chi connectivity index (χ4n) is 4.41. The third-order valence-electron chi connectivity index (χ3n) is 5.60. The van der Waals surface area contributed by atoms with Crippen molar-refractivity contribution in [2.45, 2.75) is 52.4 Å². The summed E-state index contributed by atoms with van der Waals surface area (Å²) in [5.74, 6) is -0.773. The van der Waals surface area contributed by atoms with Crippen molar-refractivity contribution in [2.75, 3.05) is 19.7 Å². The molecular formula is C20H26N2O3. The second-order valence-corrected chi connectivity index (χ2v) is 8.20. The molecule has 0 bridgehead atoms. The predicted molar refractivity (Wildman–Crippen MR) is 93.3 cm³/mol. The fourth-order valence-corrected chi connectivity index (χ4v) is 4.41. The van der Waals surface area contributed by atoms with Gasteiger partial charge in [-0.2, -0.15) is 5.26 Å². The largest absolute Gasteiger partial charge is 0.396 e. The van der Waals surface area contributed by atoms with Gasteiger partial charge < -0.3 is 10.0 Å². The summed E-state index contributed by atoms with van der Waals surface area (Å²) < 4.78 is 0. The third kappa shape index (κ3) is 3.28. The number of allylic oxidation sites excluding steroid dienone is 4. The van der Waals surface area contributed by atoms with Crippen LogP contribution in [0.15, 0.2) is 22.4 Å². The van der Waals surface area contributed by atoms with Gasteiger partial charge in [0.15, 0.2) is 11.6 Å². The molecule has 2 fully saturated rings. The van der Waals surface area contributed by atoms with Gasteiger partial charge in [-0.1, -0.05) is 13.8 Å². The molecule has 1 unspecified atom stereocenters. The van der Waals surface area contributed by atoms with Crippen molar-refractivity contribution >= 4 is 11.6 Å².